The number of rotatable bonds is 4. The average molecular weight is 285 g/mol. The third-order valence-electron chi connectivity index (χ3n) is 2.18. The lowest BCUT2D eigenvalue weighted by atomic mass is 10.2. The van der Waals surface area contributed by atoms with Crippen molar-refractivity contribution in [3.8, 4) is 0 Å². The van der Waals surface area contributed by atoms with Crippen LogP contribution in [-0.2, 0) is 6.18 Å². The predicted molar refractivity (Wildman–Crippen MR) is 62.2 cm³/mol. The van der Waals surface area contributed by atoms with Crippen molar-refractivity contribution in [1.29, 1.82) is 0 Å². The number of nitrogens with zero attached hydrogens (tertiary/aromatic N) is 2. The first-order valence-electron chi connectivity index (χ1n) is 5.07. The zero-order valence-electron chi connectivity index (χ0n) is 9.38. The van der Waals surface area contributed by atoms with Gasteiger partial charge in [0.15, 0.2) is 5.69 Å². The van der Waals surface area contributed by atoms with Gasteiger partial charge in [-0.1, -0.05) is 20.3 Å². The Hall–Kier alpha value is -0.490. The molecule has 0 bridgehead atoms. The minimum atomic E-state index is -4.49. The van der Waals surface area contributed by atoms with Crippen LogP contribution in [0.15, 0.2) is 11.1 Å². The summed E-state index contributed by atoms with van der Waals surface area (Å²) in [5, 5.41) is -0.107. The van der Waals surface area contributed by atoms with E-state index in [1.54, 1.807) is 0 Å². The van der Waals surface area contributed by atoms with Gasteiger partial charge in [0.05, 0.1) is 0 Å². The van der Waals surface area contributed by atoms with Crippen LogP contribution in [0.4, 0.5) is 13.2 Å². The summed E-state index contributed by atoms with van der Waals surface area (Å²) in [4.78, 5) is 6.94. The number of alkyl halides is 3. The third-order valence-corrected chi connectivity index (χ3v) is 3.59. The van der Waals surface area contributed by atoms with Crippen molar-refractivity contribution in [2.24, 2.45) is 5.92 Å². The smallest absolute Gasteiger partial charge is 0.213 e. The molecule has 1 atom stereocenters. The van der Waals surface area contributed by atoms with Gasteiger partial charge in [0.1, 0.15) is 5.03 Å². The van der Waals surface area contributed by atoms with Gasteiger partial charge in [-0.25, -0.2) is 9.97 Å². The quantitative estimate of drug-likeness (QED) is 0.469. The SMILES string of the molecule is CCC(C)CSc1cc(C(F)(F)F)nc(Cl)n1. The molecule has 0 fully saturated rings. The highest BCUT2D eigenvalue weighted by Crippen LogP contribution is 2.31. The van der Waals surface area contributed by atoms with Gasteiger partial charge in [0.2, 0.25) is 5.28 Å². The first kappa shape index (κ1) is 14.6. The third kappa shape index (κ3) is 4.71. The van der Waals surface area contributed by atoms with Crippen LogP contribution in [0.5, 0.6) is 0 Å². The van der Waals surface area contributed by atoms with Gasteiger partial charge in [-0.2, -0.15) is 13.2 Å². The highest BCUT2D eigenvalue weighted by molar-refractivity contribution is 7.99. The molecule has 0 amide bonds. The first-order valence-corrected chi connectivity index (χ1v) is 6.44. The topological polar surface area (TPSA) is 25.8 Å². The first-order chi connectivity index (χ1) is 7.82. The van der Waals surface area contributed by atoms with E-state index in [4.69, 9.17) is 11.6 Å². The fourth-order valence-corrected chi connectivity index (χ4v) is 2.23. The van der Waals surface area contributed by atoms with E-state index >= 15 is 0 Å². The molecule has 1 unspecified atom stereocenters. The molecule has 0 saturated carbocycles. The summed E-state index contributed by atoms with van der Waals surface area (Å²) in [7, 11) is 0. The second-order valence-electron chi connectivity index (χ2n) is 3.68. The van der Waals surface area contributed by atoms with Crippen LogP contribution in [0.1, 0.15) is 26.0 Å². The summed E-state index contributed by atoms with van der Waals surface area (Å²) >= 11 is 6.73. The maximum atomic E-state index is 12.5. The average Bonchev–Trinajstić information content (AvgIpc) is 2.24. The Morgan fingerprint density at radius 3 is 2.59 bits per heavy atom. The van der Waals surface area contributed by atoms with E-state index in [2.05, 4.69) is 9.97 Å². The molecule has 0 aliphatic carbocycles. The fourth-order valence-electron chi connectivity index (χ4n) is 0.961. The van der Waals surface area contributed by atoms with Crippen LogP contribution in [0.3, 0.4) is 0 Å². The molecular formula is C10H12ClF3N2S. The highest BCUT2D eigenvalue weighted by atomic mass is 35.5. The highest BCUT2D eigenvalue weighted by Gasteiger charge is 2.33. The Balaban J connectivity index is 2.83. The van der Waals surface area contributed by atoms with Crippen molar-refractivity contribution < 1.29 is 13.2 Å². The van der Waals surface area contributed by atoms with Crippen molar-refractivity contribution in [1.82, 2.24) is 9.97 Å². The predicted octanol–water partition coefficient (Wildman–Crippen LogP) is 4.29. The molecule has 2 nitrogen and oxygen atoms in total. The molecule has 0 radical (unpaired) electrons. The van der Waals surface area contributed by atoms with E-state index in [0.29, 0.717) is 11.7 Å². The molecule has 0 spiro atoms. The number of hydrogen-bond donors (Lipinski definition) is 0. The molecule has 0 aliphatic heterocycles. The summed E-state index contributed by atoms with van der Waals surface area (Å²) < 4.78 is 37.4. The molecular weight excluding hydrogens is 273 g/mol. The molecule has 1 aromatic rings. The Labute approximate surface area is 107 Å². The van der Waals surface area contributed by atoms with Crippen LogP contribution in [-0.4, -0.2) is 15.7 Å². The molecule has 0 N–H and O–H groups in total. The van der Waals surface area contributed by atoms with Crippen molar-refractivity contribution in [3.63, 3.8) is 0 Å². The molecule has 17 heavy (non-hydrogen) atoms. The van der Waals surface area contributed by atoms with Gasteiger partial charge in [-0.05, 0) is 17.5 Å². The second-order valence-corrected chi connectivity index (χ2v) is 5.06. The van der Waals surface area contributed by atoms with Gasteiger partial charge >= 0.3 is 6.18 Å². The van der Waals surface area contributed by atoms with E-state index in [9.17, 15) is 13.2 Å². The van der Waals surface area contributed by atoms with Crippen LogP contribution in [0, 0.1) is 5.92 Å². The van der Waals surface area contributed by atoms with Gasteiger partial charge in [-0.15, -0.1) is 11.8 Å². The molecule has 1 rings (SSSR count). The number of halogens is 4. The Kier molecular flexibility index (Phi) is 5.06. The van der Waals surface area contributed by atoms with Gasteiger partial charge < -0.3 is 0 Å². The summed E-state index contributed by atoms with van der Waals surface area (Å²) in [5.74, 6) is 1.13. The standard InChI is InChI=1S/C10H12ClF3N2S/c1-3-6(2)5-17-8-4-7(10(12,13)14)15-9(11)16-8/h4,6H,3,5H2,1-2H3. The van der Waals surface area contributed by atoms with Crippen LogP contribution in [0.25, 0.3) is 0 Å². The van der Waals surface area contributed by atoms with Crippen molar-refractivity contribution in [2.75, 3.05) is 5.75 Å². The number of aromatic nitrogens is 2. The van der Waals surface area contributed by atoms with Crippen molar-refractivity contribution in [2.45, 2.75) is 31.5 Å². The van der Waals surface area contributed by atoms with E-state index in [0.717, 1.165) is 12.5 Å². The molecule has 7 heteroatoms. The summed E-state index contributed by atoms with van der Waals surface area (Å²) in [5.41, 5.74) is -0.996. The largest absolute Gasteiger partial charge is 0.433 e. The zero-order chi connectivity index (χ0) is 13.1. The minimum absolute atomic E-state index is 0.262. The Morgan fingerprint density at radius 2 is 2.06 bits per heavy atom. The molecule has 1 aromatic heterocycles. The van der Waals surface area contributed by atoms with E-state index in [1.807, 2.05) is 13.8 Å². The summed E-state index contributed by atoms with van der Waals surface area (Å²) in [6.07, 6.45) is -3.52. The van der Waals surface area contributed by atoms with Crippen molar-refractivity contribution in [3.05, 3.63) is 17.0 Å². The Morgan fingerprint density at radius 1 is 1.41 bits per heavy atom. The van der Waals surface area contributed by atoms with Crippen molar-refractivity contribution >= 4 is 23.4 Å². The van der Waals surface area contributed by atoms with Gasteiger partial charge in [-0.3, -0.25) is 0 Å². The number of hydrogen-bond acceptors (Lipinski definition) is 3. The van der Waals surface area contributed by atoms with E-state index in [1.165, 1.54) is 11.8 Å². The van der Waals surface area contributed by atoms with E-state index in [-0.39, 0.29) is 10.3 Å². The fraction of sp³-hybridized carbons (Fsp3) is 0.600. The molecule has 1 heterocycles. The normalized spacial score (nSPS) is 13.8. The Bertz CT molecular complexity index is 384. The lowest BCUT2D eigenvalue weighted by Gasteiger charge is -2.09. The van der Waals surface area contributed by atoms with E-state index < -0.39 is 11.9 Å². The molecule has 0 aromatic carbocycles. The maximum absolute atomic E-state index is 12.5. The lowest BCUT2D eigenvalue weighted by molar-refractivity contribution is -0.141. The summed E-state index contributed by atoms with van der Waals surface area (Å²) in [6, 6.07) is 0.929. The summed E-state index contributed by atoms with van der Waals surface area (Å²) in [6.45, 7) is 4.06. The second kappa shape index (κ2) is 5.91. The number of thioether (sulfide) groups is 1. The van der Waals surface area contributed by atoms with Crippen LogP contribution < -0.4 is 0 Å². The minimum Gasteiger partial charge on any atom is -0.213 e. The van der Waals surface area contributed by atoms with Gasteiger partial charge in [0, 0.05) is 11.8 Å². The monoisotopic (exact) mass is 284 g/mol. The lowest BCUT2D eigenvalue weighted by Crippen LogP contribution is -2.09. The van der Waals surface area contributed by atoms with Gasteiger partial charge in [0.25, 0.3) is 0 Å². The molecule has 0 saturated heterocycles. The van der Waals surface area contributed by atoms with Crippen LogP contribution in [0.2, 0.25) is 5.28 Å². The zero-order valence-corrected chi connectivity index (χ0v) is 11.0. The maximum Gasteiger partial charge on any atom is 0.433 e. The molecule has 0 aliphatic rings. The molecule has 96 valence electrons. The van der Waals surface area contributed by atoms with Crippen LogP contribution >= 0.6 is 23.4 Å².